The van der Waals surface area contributed by atoms with Crippen molar-refractivity contribution in [1.29, 1.82) is 0 Å². The summed E-state index contributed by atoms with van der Waals surface area (Å²) in [5.74, 6) is 0.316. The molecule has 2 fully saturated rings. The van der Waals surface area contributed by atoms with Crippen LogP contribution < -0.4 is 4.74 Å². The number of rotatable bonds is 6. The number of halogens is 1. The fraction of sp³-hybridized carbons (Fsp3) is 0.435. The van der Waals surface area contributed by atoms with E-state index in [0.29, 0.717) is 25.1 Å². The van der Waals surface area contributed by atoms with E-state index in [-0.39, 0.29) is 11.9 Å². The zero-order chi connectivity index (χ0) is 19.5. The van der Waals surface area contributed by atoms with Crippen molar-refractivity contribution in [3.8, 4) is 5.75 Å². The van der Waals surface area contributed by atoms with Crippen LogP contribution in [0.2, 0.25) is 0 Å². The Morgan fingerprint density at radius 3 is 2.43 bits per heavy atom. The molecule has 4 nitrogen and oxygen atoms in total. The SMILES string of the molecule is O=C(O)C1CC2CCCCC2N1Cc1ccc(OCc2ccc(F)cc2)cc1. The molecule has 2 aliphatic rings. The lowest BCUT2D eigenvalue weighted by Gasteiger charge is -2.33. The van der Waals surface area contributed by atoms with Gasteiger partial charge in [0, 0.05) is 12.6 Å². The highest BCUT2D eigenvalue weighted by Crippen LogP contribution is 2.40. The summed E-state index contributed by atoms with van der Waals surface area (Å²) >= 11 is 0. The van der Waals surface area contributed by atoms with Crippen LogP contribution in [0.25, 0.3) is 0 Å². The molecule has 0 spiro atoms. The second-order valence-corrected chi connectivity index (χ2v) is 7.93. The number of nitrogens with zero attached hydrogens (tertiary/aromatic N) is 1. The molecule has 4 rings (SSSR count). The Kier molecular flexibility index (Phi) is 5.62. The summed E-state index contributed by atoms with van der Waals surface area (Å²) in [5, 5.41) is 9.66. The first-order valence-corrected chi connectivity index (χ1v) is 10.0. The zero-order valence-electron chi connectivity index (χ0n) is 15.9. The van der Waals surface area contributed by atoms with E-state index in [2.05, 4.69) is 4.90 Å². The Hall–Kier alpha value is -2.40. The van der Waals surface area contributed by atoms with Crippen LogP contribution in [0.3, 0.4) is 0 Å². The van der Waals surface area contributed by atoms with E-state index < -0.39 is 5.97 Å². The summed E-state index contributed by atoms with van der Waals surface area (Å²) in [7, 11) is 0. The number of carbonyl (C=O) groups is 1. The largest absolute Gasteiger partial charge is 0.489 e. The van der Waals surface area contributed by atoms with Crippen molar-refractivity contribution in [3.63, 3.8) is 0 Å². The van der Waals surface area contributed by atoms with Gasteiger partial charge in [-0.1, -0.05) is 37.1 Å². The standard InChI is InChI=1S/C23H26FNO3/c24-19-9-5-17(6-10-19)15-28-20-11-7-16(8-12-20)14-25-21-4-2-1-3-18(21)13-22(25)23(26)27/h5-12,18,21-22H,1-4,13-15H2,(H,26,27). The van der Waals surface area contributed by atoms with Gasteiger partial charge >= 0.3 is 5.97 Å². The lowest BCUT2D eigenvalue weighted by Crippen LogP contribution is -2.41. The van der Waals surface area contributed by atoms with Crippen molar-refractivity contribution in [1.82, 2.24) is 4.90 Å². The molecule has 1 N–H and O–H groups in total. The van der Waals surface area contributed by atoms with Crippen LogP contribution in [-0.4, -0.2) is 28.1 Å². The predicted octanol–water partition coefficient (Wildman–Crippen LogP) is 4.62. The fourth-order valence-corrected chi connectivity index (χ4v) is 4.67. The van der Waals surface area contributed by atoms with Gasteiger partial charge in [0.25, 0.3) is 0 Å². The van der Waals surface area contributed by atoms with Gasteiger partial charge in [-0.05, 0) is 60.6 Å². The van der Waals surface area contributed by atoms with Gasteiger partial charge in [0.15, 0.2) is 0 Å². The quantitative estimate of drug-likeness (QED) is 0.791. The highest BCUT2D eigenvalue weighted by Gasteiger charge is 2.44. The van der Waals surface area contributed by atoms with Crippen molar-refractivity contribution < 1.29 is 19.0 Å². The van der Waals surface area contributed by atoms with Gasteiger partial charge in [0.1, 0.15) is 24.2 Å². The van der Waals surface area contributed by atoms with Crippen LogP contribution >= 0.6 is 0 Å². The number of hydrogen-bond donors (Lipinski definition) is 1. The van der Waals surface area contributed by atoms with Crippen LogP contribution in [0.15, 0.2) is 48.5 Å². The molecule has 148 valence electrons. The highest BCUT2D eigenvalue weighted by atomic mass is 19.1. The van der Waals surface area contributed by atoms with Crippen LogP contribution in [-0.2, 0) is 17.9 Å². The molecule has 28 heavy (non-hydrogen) atoms. The molecule has 1 aliphatic carbocycles. The second kappa shape index (κ2) is 8.31. The maximum Gasteiger partial charge on any atom is 0.320 e. The molecule has 1 heterocycles. The Bertz CT molecular complexity index is 806. The van der Waals surface area contributed by atoms with E-state index in [1.54, 1.807) is 12.1 Å². The van der Waals surface area contributed by atoms with E-state index in [1.165, 1.54) is 25.0 Å². The molecule has 3 atom stereocenters. The molecule has 0 aromatic heterocycles. The summed E-state index contributed by atoms with van der Waals surface area (Å²) in [6.45, 7) is 1.05. The Morgan fingerprint density at radius 2 is 1.71 bits per heavy atom. The lowest BCUT2D eigenvalue weighted by atomic mass is 9.84. The number of benzene rings is 2. The summed E-state index contributed by atoms with van der Waals surface area (Å²) < 4.78 is 18.7. The molecule has 5 heteroatoms. The van der Waals surface area contributed by atoms with Crippen molar-refractivity contribution in [2.75, 3.05) is 0 Å². The van der Waals surface area contributed by atoms with Gasteiger partial charge in [-0.25, -0.2) is 4.39 Å². The summed E-state index contributed by atoms with van der Waals surface area (Å²) in [4.78, 5) is 14.0. The summed E-state index contributed by atoms with van der Waals surface area (Å²) in [5.41, 5.74) is 2.02. The van der Waals surface area contributed by atoms with Crippen molar-refractivity contribution in [2.45, 2.75) is 57.3 Å². The monoisotopic (exact) mass is 383 g/mol. The normalized spacial score (nSPS) is 24.7. The molecular formula is C23H26FNO3. The number of aliphatic carboxylic acids is 1. The van der Waals surface area contributed by atoms with Gasteiger partial charge in [-0.3, -0.25) is 9.69 Å². The number of hydrogen-bond acceptors (Lipinski definition) is 3. The molecule has 1 saturated carbocycles. The smallest absolute Gasteiger partial charge is 0.320 e. The number of ether oxygens (including phenoxy) is 1. The number of carboxylic acids is 1. The van der Waals surface area contributed by atoms with E-state index in [0.717, 1.165) is 36.1 Å². The number of fused-ring (bicyclic) bond motifs is 1. The molecule has 0 bridgehead atoms. The first kappa shape index (κ1) is 18.9. The molecular weight excluding hydrogens is 357 g/mol. The molecule has 1 saturated heterocycles. The maximum absolute atomic E-state index is 13.0. The Balaban J connectivity index is 1.39. The average molecular weight is 383 g/mol. The number of likely N-dealkylation sites (tertiary alicyclic amines) is 1. The predicted molar refractivity (Wildman–Crippen MR) is 105 cm³/mol. The molecule has 2 aromatic carbocycles. The molecule has 2 aromatic rings. The molecule has 3 unspecified atom stereocenters. The third-order valence-electron chi connectivity index (χ3n) is 6.11. The topological polar surface area (TPSA) is 49.8 Å². The van der Waals surface area contributed by atoms with Crippen molar-refractivity contribution >= 4 is 5.97 Å². The Morgan fingerprint density at radius 1 is 1.04 bits per heavy atom. The van der Waals surface area contributed by atoms with E-state index in [4.69, 9.17) is 4.74 Å². The minimum Gasteiger partial charge on any atom is -0.489 e. The van der Waals surface area contributed by atoms with Crippen LogP contribution in [0.5, 0.6) is 5.75 Å². The number of carboxylic acid groups (broad SMARTS) is 1. The summed E-state index contributed by atoms with van der Waals surface area (Å²) in [6.07, 6.45) is 5.45. The van der Waals surface area contributed by atoms with E-state index >= 15 is 0 Å². The fourth-order valence-electron chi connectivity index (χ4n) is 4.67. The molecule has 1 aliphatic heterocycles. The third-order valence-corrected chi connectivity index (χ3v) is 6.11. The van der Waals surface area contributed by atoms with Gasteiger partial charge in [-0.15, -0.1) is 0 Å². The van der Waals surface area contributed by atoms with Crippen molar-refractivity contribution in [2.24, 2.45) is 5.92 Å². The average Bonchev–Trinajstić information content (AvgIpc) is 3.08. The second-order valence-electron chi connectivity index (χ2n) is 7.93. The zero-order valence-corrected chi connectivity index (χ0v) is 15.9. The Labute approximate surface area is 164 Å². The van der Waals surface area contributed by atoms with Gasteiger partial charge < -0.3 is 9.84 Å². The van der Waals surface area contributed by atoms with Crippen molar-refractivity contribution in [3.05, 3.63) is 65.5 Å². The van der Waals surface area contributed by atoms with Crippen LogP contribution in [0, 0.1) is 11.7 Å². The van der Waals surface area contributed by atoms with Crippen LogP contribution in [0.4, 0.5) is 4.39 Å². The third kappa shape index (κ3) is 4.20. The molecule has 0 amide bonds. The lowest BCUT2D eigenvalue weighted by molar-refractivity contribution is -0.142. The van der Waals surface area contributed by atoms with Crippen LogP contribution in [0.1, 0.15) is 43.2 Å². The highest BCUT2D eigenvalue weighted by molar-refractivity contribution is 5.74. The van der Waals surface area contributed by atoms with Gasteiger partial charge in [0.05, 0.1) is 0 Å². The minimum absolute atomic E-state index is 0.255. The first-order chi connectivity index (χ1) is 13.6. The van der Waals surface area contributed by atoms with Gasteiger partial charge in [0.2, 0.25) is 0 Å². The maximum atomic E-state index is 13.0. The van der Waals surface area contributed by atoms with E-state index in [9.17, 15) is 14.3 Å². The minimum atomic E-state index is -0.700. The van der Waals surface area contributed by atoms with E-state index in [1.807, 2.05) is 24.3 Å². The first-order valence-electron chi connectivity index (χ1n) is 10.0. The van der Waals surface area contributed by atoms with Gasteiger partial charge in [-0.2, -0.15) is 0 Å². The molecule has 0 radical (unpaired) electrons. The summed E-state index contributed by atoms with van der Waals surface area (Å²) in [6, 6.07) is 14.2.